The quantitative estimate of drug-likeness (QED) is 0.296. The van der Waals surface area contributed by atoms with Crippen LogP contribution in [0.2, 0.25) is 0 Å². The zero-order chi connectivity index (χ0) is 29.3. The minimum atomic E-state index is -1.61. The number of hydrogen-bond donors (Lipinski definition) is 3. The third kappa shape index (κ3) is 5.78. The van der Waals surface area contributed by atoms with Gasteiger partial charge in [0.1, 0.15) is 28.2 Å². The van der Waals surface area contributed by atoms with Crippen molar-refractivity contribution in [3.8, 4) is 34.3 Å². The first-order valence-electron chi connectivity index (χ1n) is 12.0. The van der Waals surface area contributed by atoms with Crippen LogP contribution in [0.3, 0.4) is 0 Å². The molecule has 212 valence electrons. The molecule has 1 saturated heterocycles. The average Bonchev–Trinajstić information content (AvgIpc) is 2.84. The molecule has 3 N–H and O–H groups in total. The van der Waals surface area contributed by atoms with E-state index in [1.807, 2.05) is 0 Å². The van der Waals surface area contributed by atoms with Crippen LogP contribution in [0.4, 0.5) is 0 Å². The van der Waals surface area contributed by atoms with Crippen molar-refractivity contribution in [2.45, 2.75) is 58.4 Å². The molecule has 4 rings (SSSR count). The van der Waals surface area contributed by atoms with Crippen molar-refractivity contribution in [1.82, 2.24) is 0 Å². The maximum absolute atomic E-state index is 13.7. The summed E-state index contributed by atoms with van der Waals surface area (Å²) in [7, 11) is 0. The zero-order valence-electron chi connectivity index (χ0n) is 21.8. The molecule has 1 aromatic heterocycles. The number of carbonyl (C=O) groups excluding carboxylic acids is 3. The lowest BCUT2D eigenvalue weighted by Crippen LogP contribution is -2.62. The van der Waals surface area contributed by atoms with E-state index in [0.29, 0.717) is 0 Å². The van der Waals surface area contributed by atoms with E-state index in [0.717, 1.165) is 32.9 Å². The summed E-state index contributed by atoms with van der Waals surface area (Å²) in [6, 6.07) is 7.54. The van der Waals surface area contributed by atoms with Gasteiger partial charge >= 0.3 is 17.9 Å². The Hall–Kier alpha value is -4.78. The van der Waals surface area contributed by atoms with Gasteiger partial charge in [-0.25, -0.2) is 0 Å². The number of esters is 3. The van der Waals surface area contributed by atoms with Crippen LogP contribution in [-0.2, 0) is 33.3 Å². The fourth-order valence-electron chi connectivity index (χ4n) is 4.36. The van der Waals surface area contributed by atoms with Gasteiger partial charge in [0.15, 0.2) is 18.0 Å². The molecule has 0 bridgehead atoms. The number of fused-ring (bicyclic) bond motifs is 1. The van der Waals surface area contributed by atoms with Gasteiger partial charge in [-0.1, -0.05) is 0 Å². The van der Waals surface area contributed by atoms with E-state index >= 15 is 0 Å². The molecule has 0 unspecified atom stereocenters. The maximum Gasteiger partial charge on any atom is 0.303 e. The second kappa shape index (κ2) is 11.1. The van der Waals surface area contributed by atoms with Gasteiger partial charge in [0, 0.05) is 38.5 Å². The number of ether oxygens (including phenoxy) is 5. The van der Waals surface area contributed by atoms with Crippen LogP contribution in [0.15, 0.2) is 45.6 Å². The molecule has 2 heterocycles. The lowest BCUT2D eigenvalue weighted by Gasteiger charge is -2.43. The molecule has 3 aromatic rings. The molecule has 0 aliphatic carbocycles. The largest absolute Gasteiger partial charge is 0.508 e. The molecule has 13 heteroatoms. The highest BCUT2D eigenvalue weighted by Gasteiger charge is 2.52. The molecule has 1 aliphatic heterocycles. The summed E-state index contributed by atoms with van der Waals surface area (Å²) in [4.78, 5) is 49.5. The van der Waals surface area contributed by atoms with E-state index in [9.17, 15) is 34.5 Å². The molecule has 0 spiro atoms. The molecule has 1 aliphatic rings. The highest BCUT2D eigenvalue weighted by Crippen LogP contribution is 2.38. The standard InChI is InChI=1S/C27H26O13/c1-11-22(36-12(2)28)25(37-13(3)29)26(38-14(4)30)27(35-11)40-24-21(34)20-18(33)9-17(32)10-19(20)39-23(24)15-5-7-16(31)8-6-15/h5-11,22,25-27,31-33H,1-4H3/t11-,22+,25+,26-,27+/m1/s1. The summed E-state index contributed by atoms with van der Waals surface area (Å²) in [5, 5.41) is 29.8. The second-order valence-corrected chi connectivity index (χ2v) is 9.02. The van der Waals surface area contributed by atoms with Crippen molar-refractivity contribution in [2.24, 2.45) is 0 Å². The van der Waals surface area contributed by atoms with Crippen LogP contribution in [0.1, 0.15) is 27.7 Å². The summed E-state index contributed by atoms with van der Waals surface area (Å²) in [6.07, 6.45) is -6.72. The van der Waals surface area contributed by atoms with Crippen LogP contribution in [0, 0.1) is 0 Å². The van der Waals surface area contributed by atoms with Crippen LogP contribution >= 0.6 is 0 Å². The Balaban J connectivity index is 1.89. The van der Waals surface area contributed by atoms with Gasteiger partial charge in [-0.05, 0) is 31.2 Å². The van der Waals surface area contributed by atoms with Crippen molar-refractivity contribution >= 4 is 28.9 Å². The smallest absolute Gasteiger partial charge is 0.303 e. The summed E-state index contributed by atoms with van der Waals surface area (Å²) >= 11 is 0. The maximum atomic E-state index is 13.7. The first kappa shape index (κ1) is 28.2. The van der Waals surface area contributed by atoms with E-state index < -0.39 is 65.5 Å². The van der Waals surface area contributed by atoms with Gasteiger partial charge in [-0.15, -0.1) is 0 Å². The van der Waals surface area contributed by atoms with Gasteiger partial charge in [0.2, 0.25) is 23.6 Å². The highest BCUT2D eigenvalue weighted by atomic mass is 16.7. The predicted octanol–water partition coefficient (Wildman–Crippen LogP) is 2.50. The van der Waals surface area contributed by atoms with Gasteiger partial charge in [0.05, 0.1) is 6.10 Å². The van der Waals surface area contributed by atoms with Gasteiger partial charge in [-0.2, -0.15) is 0 Å². The summed E-state index contributed by atoms with van der Waals surface area (Å²) < 4.78 is 33.7. The molecule has 40 heavy (non-hydrogen) atoms. The molecule has 1 fully saturated rings. The van der Waals surface area contributed by atoms with Gasteiger partial charge in [0.25, 0.3) is 0 Å². The molecule has 0 saturated carbocycles. The van der Waals surface area contributed by atoms with Crippen molar-refractivity contribution in [2.75, 3.05) is 0 Å². The van der Waals surface area contributed by atoms with Crippen LogP contribution < -0.4 is 10.2 Å². The Morgan fingerprint density at radius 2 is 1.38 bits per heavy atom. The van der Waals surface area contributed by atoms with Crippen molar-refractivity contribution in [1.29, 1.82) is 0 Å². The second-order valence-electron chi connectivity index (χ2n) is 9.02. The third-order valence-corrected chi connectivity index (χ3v) is 5.91. The molecule has 5 atom stereocenters. The molecule has 2 aromatic carbocycles. The summed E-state index contributed by atoms with van der Waals surface area (Å²) in [5.74, 6) is -4.08. The van der Waals surface area contributed by atoms with Crippen LogP contribution in [0.5, 0.6) is 23.0 Å². The Bertz CT molecular complexity index is 1510. The van der Waals surface area contributed by atoms with Crippen molar-refractivity contribution in [3.05, 3.63) is 46.6 Å². The Morgan fingerprint density at radius 1 is 0.800 bits per heavy atom. The zero-order valence-corrected chi connectivity index (χ0v) is 21.8. The molecule has 13 nitrogen and oxygen atoms in total. The first-order valence-corrected chi connectivity index (χ1v) is 12.0. The molecular formula is C27H26O13. The van der Waals surface area contributed by atoms with Crippen LogP contribution in [0.25, 0.3) is 22.3 Å². The van der Waals surface area contributed by atoms with E-state index in [1.165, 1.54) is 31.2 Å². The fraction of sp³-hybridized carbons (Fsp3) is 0.333. The number of hydrogen-bond acceptors (Lipinski definition) is 13. The monoisotopic (exact) mass is 558 g/mol. The Morgan fingerprint density at radius 3 is 1.98 bits per heavy atom. The number of aromatic hydroxyl groups is 3. The number of rotatable bonds is 6. The Labute approximate surface area is 226 Å². The van der Waals surface area contributed by atoms with Crippen LogP contribution in [-0.4, -0.2) is 63.9 Å². The Kier molecular flexibility index (Phi) is 7.86. The highest BCUT2D eigenvalue weighted by molar-refractivity contribution is 5.88. The van der Waals surface area contributed by atoms with Crippen molar-refractivity contribution < 1.29 is 57.8 Å². The number of carbonyl (C=O) groups is 3. The molecule has 0 radical (unpaired) electrons. The fourth-order valence-corrected chi connectivity index (χ4v) is 4.36. The average molecular weight is 558 g/mol. The number of phenols is 3. The predicted molar refractivity (Wildman–Crippen MR) is 135 cm³/mol. The lowest BCUT2D eigenvalue weighted by atomic mass is 9.98. The summed E-state index contributed by atoms with van der Waals surface area (Å²) in [6.45, 7) is 4.81. The van der Waals surface area contributed by atoms with Gasteiger partial charge < -0.3 is 43.4 Å². The molecule has 0 amide bonds. The minimum Gasteiger partial charge on any atom is -0.508 e. The minimum absolute atomic E-state index is 0.0789. The topological polar surface area (TPSA) is 188 Å². The third-order valence-electron chi connectivity index (χ3n) is 5.91. The summed E-state index contributed by atoms with van der Waals surface area (Å²) in [5.41, 5.74) is -0.817. The van der Waals surface area contributed by atoms with E-state index in [-0.39, 0.29) is 33.8 Å². The van der Waals surface area contributed by atoms with Gasteiger partial charge in [-0.3, -0.25) is 19.2 Å². The van der Waals surface area contributed by atoms with Crippen molar-refractivity contribution in [3.63, 3.8) is 0 Å². The van der Waals surface area contributed by atoms with E-state index in [1.54, 1.807) is 0 Å². The van der Waals surface area contributed by atoms with E-state index in [4.69, 9.17) is 28.1 Å². The normalized spacial score (nSPS) is 22.4. The first-order chi connectivity index (χ1) is 18.8. The number of benzene rings is 2. The lowest BCUT2D eigenvalue weighted by molar-refractivity contribution is -0.280. The number of phenolic OH excluding ortho intramolecular Hbond substituents is 3. The SMILES string of the molecule is CC(=O)O[C@H]1[C@@H](OC(C)=O)[C@@H](C)O[C@@H](Oc2c(-c3ccc(O)cc3)oc3cc(O)cc(O)c3c2=O)[C@@H]1OC(C)=O. The molecular weight excluding hydrogens is 532 g/mol. The van der Waals surface area contributed by atoms with E-state index in [2.05, 4.69) is 0 Å².